The monoisotopic (exact) mass is 268 g/mol. The van der Waals surface area contributed by atoms with E-state index in [1.807, 2.05) is 4.90 Å². The van der Waals surface area contributed by atoms with E-state index in [-0.39, 0.29) is 11.3 Å². The highest BCUT2D eigenvalue weighted by atomic mass is 16.3. The van der Waals surface area contributed by atoms with Gasteiger partial charge >= 0.3 is 0 Å². The zero-order valence-electron chi connectivity index (χ0n) is 12.5. The second-order valence-corrected chi connectivity index (χ2v) is 7.43. The van der Waals surface area contributed by atoms with Crippen LogP contribution < -0.4 is 5.32 Å². The van der Waals surface area contributed by atoms with Crippen molar-refractivity contribution in [1.29, 1.82) is 0 Å². The lowest BCUT2D eigenvalue weighted by molar-refractivity contribution is -0.158. The molecule has 2 fully saturated rings. The number of rotatable bonds is 4. The summed E-state index contributed by atoms with van der Waals surface area (Å²) >= 11 is 0. The third-order valence-corrected chi connectivity index (χ3v) is 4.16. The Morgan fingerprint density at radius 1 is 1.37 bits per heavy atom. The molecule has 2 rings (SSSR count). The molecule has 4 nitrogen and oxygen atoms in total. The zero-order valence-corrected chi connectivity index (χ0v) is 12.5. The summed E-state index contributed by atoms with van der Waals surface area (Å²) in [6.07, 6.45) is 5.10. The molecule has 2 aliphatic rings. The van der Waals surface area contributed by atoms with Crippen molar-refractivity contribution < 1.29 is 9.90 Å². The predicted molar refractivity (Wildman–Crippen MR) is 75.9 cm³/mol. The third-order valence-electron chi connectivity index (χ3n) is 4.16. The molecular weight excluding hydrogens is 240 g/mol. The number of likely N-dealkylation sites (tertiary alicyclic amines) is 1. The van der Waals surface area contributed by atoms with Gasteiger partial charge in [-0.3, -0.25) is 4.79 Å². The van der Waals surface area contributed by atoms with Gasteiger partial charge in [0.25, 0.3) is 5.91 Å². The molecule has 4 heteroatoms. The quantitative estimate of drug-likeness (QED) is 0.813. The molecule has 2 N–H and O–H groups in total. The number of hydrogen-bond donors (Lipinski definition) is 2. The van der Waals surface area contributed by atoms with Crippen LogP contribution in [-0.2, 0) is 4.79 Å². The van der Waals surface area contributed by atoms with Crippen molar-refractivity contribution in [2.45, 2.75) is 64.5 Å². The standard InChI is InChI=1S/C15H28N2O2/c1-14(2,3)11-17-9-5-8-15(19,13(17)18)10-16-12-6-4-7-12/h12,16,19H,4-11H2,1-3H3/t15-/m1/s1. The van der Waals surface area contributed by atoms with E-state index in [0.717, 1.165) is 19.5 Å². The Bertz CT molecular complexity index is 334. The highest BCUT2D eigenvalue weighted by molar-refractivity contribution is 5.86. The van der Waals surface area contributed by atoms with Gasteiger partial charge in [-0.1, -0.05) is 27.2 Å². The SMILES string of the molecule is CC(C)(C)CN1CCC[C@@](O)(CNC2CCC2)C1=O. The minimum atomic E-state index is -1.18. The first kappa shape index (κ1) is 14.8. The number of piperidine rings is 1. The average Bonchev–Trinajstić information content (AvgIpc) is 2.21. The van der Waals surface area contributed by atoms with Gasteiger partial charge in [0, 0.05) is 25.7 Å². The lowest BCUT2D eigenvalue weighted by Crippen LogP contribution is -2.60. The van der Waals surface area contributed by atoms with Crippen LogP contribution in [0.2, 0.25) is 0 Å². The largest absolute Gasteiger partial charge is 0.379 e. The first-order valence-electron chi connectivity index (χ1n) is 7.55. The highest BCUT2D eigenvalue weighted by Gasteiger charge is 2.43. The van der Waals surface area contributed by atoms with Crippen LogP contribution in [0.4, 0.5) is 0 Å². The lowest BCUT2D eigenvalue weighted by atomic mass is 9.87. The molecule has 0 spiro atoms. The van der Waals surface area contributed by atoms with Crippen molar-refractivity contribution in [1.82, 2.24) is 10.2 Å². The summed E-state index contributed by atoms with van der Waals surface area (Å²) in [5.74, 6) is -0.0829. The molecule has 0 unspecified atom stereocenters. The molecule has 1 saturated carbocycles. The van der Waals surface area contributed by atoms with Crippen molar-refractivity contribution in [3.05, 3.63) is 0 Å². The van der Waals surface area contributed by atoms with E-state index in [1.165, 1.54) is 19.3 Å². The maximum atomic E-state index is 12.5. The van der Waals surface area contributed by atoms with Crippen molar-refractivity contribution in [2.75, 3.05) is 19.6 Å². The summed E-state index contributed by atoms with van der Waals surface area (Å²) < 4.78 is 0. The summed E-state index contributed by atoms with van der Waals surface area (Å²) in [5.41, 5.74) is -1.10. The third kappa shape index (κ3) is 3.69. The Balaban J connectivity index is 1.93. The summed E-state index contributed by atoms with van der Waals surface area (Å²) in [6, 6.07) is 0.509. The van der Waals surface area contributed by atoms with Crippen LogP contribution in [0.1, 0.15) is 52.9 Å². The fourth-order valence-electron chi connectivity index (χ4n) is 2.88. The van der Waals surface area contributed by atoms with Crippen LogP contribution in [0.15, 0.2) is 0 Å². The Morgan fingerprint density at radius 3 is 2.58 bits per heavy atom. The topological polar surface area (TPSA) is 52.6 Å². The van der Waals surface area contributed by atoms with Crippen molar-refractivity contribution >= 4 is 5.91 Å². The molecular formula is C15H28N2O2. The minimum absolute atomic E-state index is 0.0787. The first-order valence-corrected chi connectivity index (χ1v) is 7.55. The summed E-state index contributed by atoms with van der Waals surface area (Å²) in [7, 11) is 0. The van der Waals surface area contributed by atoms with Crippen molar-refractivity contribution in [3.63, 3.8) is 0 Å². The fourth-order valence-corrected chi connectivity index (χ4v) is 2.88. The van der Waals surface area contributed by atoms with Gasteiger partial charge in [0.15, 0.2) is 5.60 Å². The van der Waals surface area contributed by atoms with E-state index in [1.54, 1.807) is 0 Å². The molecule has 0 aromatic heterocycles. The number of nitrogens with zero attached hydrogens (tertiary/aromatic N) is 1. The smallest absolute Gasteiger partial charge is 0.255 e. The predicted octanol–water partition coefficient (Wildman–Crippen LogP) is 1.53. The number of aliphatic hydroxyl groups is 1. The molecule has 1 amide bonds. The summed E-state index contributed by atoms with van der Waals surface area (Å²) in [6.45, 7) is 8.29. The van der Waals surface area contributed by atoms with E-state index < -0.39 is 5.60 Å². The molecule has 0 aromatic rings. The number of nitrogens with one attached hydrogen (secondary N) is 1. The Morgan fingerprint density at radius 2 is 2.05 bits per heavy atom. The van der Waals surface area contributed by atoms with Gasteiger partial charge < -0.3 is 15.3 Å². The van der Waals surface area contributed by atoms with Crippen LogP contribution in [0.3, 0.4) is 0 Å². The van der Waals surface area contributed by atoms with E-state index in [9.17, 15) is 9.90 Å². The maximum absolute atomic E-state index is 12.5. The minimum Gasteiger partial charge on any atom is -0.379 e. The second-order valence-electron chi connectivity index (χ2n) is 7.43. The van der Waals surface area contributed by atoms with Gasteiger partial charge in [0.05, 0.1) is 0 Å². The van der Waals surface area contributed by atoms with Gasteiger partial charge in [0.1, 0.15) is 0 Å². The molecule has 19 heavy (non-hydrogen) atoms. The molecule has 0 radical (unpaired) electrons. The molecule has 1 aliphatic carbocycles. The molecule has 0 bridgehead atoms. The Hall–Kier alpha value is -0.610. The van der Waals surface area contributed by atoms with Crippen LogP contribution in [-0.4, -0.2) is 47.2 Å². The normalized spacial score (nSPS) is 29.5. The van der Waals surface area contributed by atoms with Gasteiger partial charge in [-0.25, -0.2) is 0 Å². The van der Waals surface area contributed by atoms with Crippen molar-refractivity contribution in [3.8, 4) is 0 Å². The highest BCUT2D eigenvalue weighted by Crippen LogP contribution is 2.27. The molecule has 110 valence electrons. The molecule has 1 heterocycles. The Kier molecular flexibility index (Phi) is 4.21. The zero-order chi connectivity index (χ0) is 14.1. The van der Waals surface area contributed by atoms with Gasteiger partial charge in [-0.2, -0.15) is 0 Å². The maximum Gasteiger partial charge on any atom is 0.255 e. The van der Waals surface area contributed by atoms with E-state index in [0.29, 0.717) is 19.0 Å². The van der Waals surface area contributed by atoms with Gasteiger partial charge in [-0.05, 0) is 31.1 Å². The summed E-state index contributed by atoms with van der Waals surface area (Å²) in [5, 5.41) is 14.0. The van der Waals surface area contributed by atoms with E-state index in [2.05, 4.69) is 26.1 Å². The van der Waals surface area contributed by atoms with Crippen molar-refractivity contribution in [2.24, 2.45) is 5.41 Å². The fraction of sp³-hybridized carbons (Fsp3) is 0.933. The van der Waals surface area contributed by atoms with E-state index >= 15 is 0 Å². The molecule has 0 aromatic carbocycles. The van der Waals surface area contributed by atoms with Gasteiger partial charge in [-0.15, -0.1) is 0 Å². The van der Waals surface area contributed by atoms with Crippen LogP contribution in [0, 0.1) is 5.41 Å². The second kappa shape index (κ2) is 5.41. The average molecular weight is 268 g/mol. The lowest BCUT2D eigenvalue weighted by Gasteiger charge is -2.42. The molecule has 1 aliphatic heterocycles. The van der Waals surface area contributed by atoms with E-state index in [4.69, 9.17) is 0 Å². The number of carbonyl (C=O) groups is 1. The van der Waals surface area contributed by atoms with Crippen LogP contribution >= 0.6 is 0 Å². The van der Waals surface area contributed by atoms with Crippen LogP contribution in [0.5, 0.6) is 0 Å². The number of amides is 1. The van der Waals surface area contributed by atoms with Crippen LogP contribution in [0.25, 0.3) is 0 Å². The number of carbonyl (C=O) groups excluding carboxylic acids is 1. The number of hydrogen-bond acceptors (Lipinski definition) is 3. The Labute approximate surface area is 116 Å². The van der Waals surface area contributed by atoms with Gasteiger partial charge in [0.2, 0.25) is 0 Å². The molecule has 1 atom stereocenters. The summed E-state index contributed by atoms with van der Waals surface area (Å²) in [4.78, 5) is 14.3. The molecule has 1 saturated heterocycles. The first-order chi connectivity index (χ1) is 8.80.